The third kappa shape index (κ3) is 4.84. The molecule has 0 fully saturated rings. The van der Waals surface area contributed by atoms with Crippen LogP contribution in [0, 0.1) is 5.41 Å². The lowest BCUT2D eigenvalue weighted by molar-refractivity contribution is 0.116. The van der Waals surface area contributed by atoms with Crippen LogP contribution in [-0.2, 0) is 13.1 Å². The van der Waals surface area contributed by atoms with E-state index in [0.29, 0.717) is 31.6 Å². The predicted molar refractivity (Wildman–Crippen MR) is 107 cm³/mol. The van der Waals surface area contributed by atoms with Crippen LogP contribution in [-0.4, -0.2) is 49.9 Å². The number of rotatable bonds is 8. The van der Waals surface area contributed by atoms with Gasteiger partial charge in [0.1, 0.15) is 5.76 Å². The molecule has 0 bridgehead atoms. The first kappa shape index (κ1) is 20.2. The molecule has 0 aliphatic heterocycles. The summed E-state index contributed by atoms with van der Waals surface area (Å²) in [6, 6.07) is 7.93. The third-order valence-electron chi connectivity index (χ3n) is 5.08. The highest BCUT2D eigenvalue weighted by molar-refractivity contribution is 5.36. The molecule has 2 aromatic rings. The molecule has 0 aromatic carbocycles. The van der Waals surface area contributed by atoms with Gasteiger partial charge >= 0.3 is 0 Å². The molecule has 1 unspecified atom stereocenters. The molecular formula is C22H27N3O3. The summed E-state index contributed by atoms with van der Waals surface area (Å²) in [4.78, 5) is 10.7. The van der Waals surface area contributed by atoms with Gasteiger partial charge in [0.15, 0.2) is 0 Å². The Bertz CT molecular complexity index is 795. The molecule has 0 radical (unpaired) electrons. The smallest absolute Gasteiger partial charge is 0.106 e. The molecule has 0 spiro atoms. The Balaban J connectivity index is 1.84. The van der Waals surface area contributed by atoms with Crippen molar-refractivity contribution in [3.63, 3.8) is 0 Å². The molecular weight excluding hydrogens is 354 g/mol. The molecule has 2 heterocycles. The van der Waals surface area contributed by atoms with Crippen molar-refractivity contribution in [3.05, 3.63) is 83.2 Å². The van der Waals surface area contributed by atoms with Gasteiger partial charge in [-0.05, 0) is 36.6 Å². The fourth-order valence-electron chi connectivity index (χ4n) is 3.65. The minimum Gasteiger partial charge on any atom is -0.511 e. The Morgan fingerprint density at radius 3 is 2.07 bits per heavy atom. The maximum atomic E-state index is 10.4. The van der Waals surface area contributed by atoms with Gasteiger partial charge in [0.2, 0.25) is 0 Å². The number of hydrogen-bond donors (Lipinski definition) is 3. The summed E-state index contributed by atoms with van der Waals surface area (Å²) in [5.41, 5.74) is 2.98. The Morgan fingerprint density at radius 2 is 1.61 bits per heavy atom. The van der Waals surface area contributed by atoms with E-state index in [1.807, 2.05) is 49.7 Å². The second-order valence-corrected chi connectivity index (χ2v) is 7.60. The Kier molecular flexibility index (Phi) is 6.57. The monoisotopic (exact) mass is 381 g/mol. The largest absolute Gasteiger partial charge is 0.511 e. The standard InChI is InChI=1S/C22H27N3O3/c1-22(16-27)9-19(8-20(15-26)21(22)28)14-25(12-17-4-2-6-23-10-17)13-18-5-3-7-24-11-18/h2-8,10-11,26-28H,9,12-16H2,1H3. The molecule has 3 N–H and O–H groups in total. The Morgan fingerprint density at radius 1 is 1.00 bits per heavy atom. The molecule has 6 nitrogen and oxygen atoms in total. The van der Waals surface area contributed by atoms with E-state index in [9.17, 15) is 15.3 Å². The van der Waals surface area contributed by atoms with Gasteiger partial charge in [-0.3, -0.25) is 14.9 Å². The third-order valence-corrected chi connectivity index (χ3v) is 5.08. The first-order valence-electron chi connectivity index (χ1n) is 9.38. The average Bonchev–Trinajstić information content (AvgIpc) is 2.72. The van der Waals surface area contributed by atoms with Crippen molar-refractivity contribution < 1.29 is 15.3 Å². The minimum atomic E-state index is -0.767. The van der Waals surface area contributed by atoms with Crippen molar-refractivity contribution in [1.29, 1.82) is 0 Å². The van der Waals surface area contributed by atoms with E-state index in [-0.39, 0.29) is 19.0 Å². The Labute approximate surface area is 165 Å². The van der Waals surface area contributed by atoms with E-state index < -0.39 is 5.41 Å². The highest BCUT2D eigenvalue weighted by atomic mass is 16.3. The molecule has 2 aromatic heterocycles. The number of aliphatic hydroxyl groups is 3. The summed E-state index contributed by atoms with van der Waals surface area (Å²) in [7, 11) is 0. The lowest BCUT2D eigenvalue weighted by Gasteiger charge is -2.34. The molecule has 0 saturated heterocycles. The average molecular weight is 381 g/mol. The fraction of sp³-hybridized carbons (Fsp3) is 0.364. The molecule has 0 saturated carbocycles. The lowest BCUT2D eigenvalue weighted by atomic mass is 9.76. The minimum absolute atomic E-state index is 0.0762. The summed E-state index contributed by atoms with van der Waals surface area (Å²) in [5.74, 6) is 0.0762. The van der Waals surface area contributed by atoms with Crippen LogP contribution in [0.2, 0.25) is 0 Å². The van der Waals surface area contributed by atoms with Gasteiger partial charge in [-0.15, -0.1) is 0 Å². The molecule has 28 heavy (non-hydrogen) atoms. The van der Waals surface area contributed by atoms with Crippen LogP contribution in [0.3, 0.4) is 0 Å². The maximum absolute atomic E-state index is 10.4. The van der Waals surface area contributed by atoms with E-state index in [4.69, 9.17) is 0 Å². The first-order valence-corrected chi connectivity index (χ1v) is 9.38. The highest BCUT2D eigenvalue weighted by Gasteiger charge is 2.35. The van der Waals surface area contributed by atoms with Crippen LogP contribution >= 0.6 is 0 Å². The first-order chi connectivity index (χ1) is 13.5. The lowest BCUT2D eigenvalue weighted by Crippen LogP contribution is -2.33. The zero-order valence-electron chi connectivity index (χ0n) is 16.1. The Hall–Kier alpha value is -2.54. The number of aromatic nitrogens is 2. The number of hydrogen-bond acceptors (Lipinski definition) is 6. The number of nitrogens with zero attached hydrogens (tertiary/aromatic N) is 3. The van der Waals surface area contributed by atoms with Crippen molar-refractivity contribution >= 4 is 0 Å². The molecule has 1 aliphatic carbocycles. The SMILES string of the molecule is CC1(CO)CC(CN(Cc2cccnc2)Cc2cccnc2)=CC(CO)=C1O. The van der Waals surface area contributed by atoms with Crippen LogP contribution in [0.15, 0.2) is 72.0 Å². The zero-order valence-corrected chi connectivity index (χ0v) is 16.1. The van der Waals surface area contributed by atoms with E-state index in [1.165, 1.54) is 0 Å². The summed E-state index contributed by atoms with van der Waals surface area (Å²) < 4.78 is 0. The van der Waals surface area contributed by atoms with Crippen LogP contribution in [0.25, 0.3) is 0 Å². The second-order valence-electron chi connectivity index (χ2n) is 7.60. The predicted octanol–water partition coefficient (Wildman–Crippen LogP) is 2.61. The maximum Gasteiger partial charge on any atom is 0.106 e. The van der Waals surface area contributed by atoms with Crippen molar-refractivity contribution in [3.8, 4) is 0 Å². The summed E-state index contributed by atoms with van der Waals surface area (Å²) in [6.07, 6.45) is 9.61. The summed E-state index contributed by atoms with van der Waals surface area (Å²) in [6.45, 7) is 3.45. The topological polar surface area (TPSA) is 89.7 Å². The van der Waals surface area contributed by atoms with E-state index in [1.54, 1.807) is 12.4 Å². The van der Waals surface area contributed by atoms with Gasteiger partial charge in [-0.2, -0.15) is 0 Å². The van der Waals surface area contributed by atoms with Crippen LogP contribution in [0.4, 0.5) is 0 Å². The van der Waals surface area contributed by atoms with Crippen molar-refractivity contribution in [2.24, 2.45) is 5.41 Å². The summed E-state index contributed by atoms with van der Waals surface area (Å²) in [5, 5.41) is 29.9. The molecule has 0 amide bonds. The number of aliphatic hydroxyl groups excluding tert-OH is 3. The quantitative estimate of drug-likeness (QED) is 0.651. The van der Waals surface area contributed by atoms with E-state index >= 15 is 0 Å². The van der Waals surface area contributed by atoms with E-state index in [2.05, 4.69) is 14.9 Å². The van der Waals surface area contributed by atoms with Gasteiger partial charge in [-0.25, -0.2) is 0 Å². The van der Waals surface area contributed by atoms with Gasteiger partial charge in [0.05, 0.1) is 18.6 Å². The molecule has 1 atom stereocenters. The van der Waals surface area contributed by atoms with Gasteiger partial charge in [0.25, 0.3) is 0 Å². The fourth-order valence-corrected chi connectivity index (χ4v) is 3.65. The molecule has 1 aliphatic rings. The van der Waals surface area contributed by atoms with Gasteiger partial charge in [0, 0.05) is 50.0 Å². The van der Waals surface area contributed by atoms with Crippen LogP contribution < -0.4 is 0 Å². The zero-order chi connectivity index (χ0) is 20.0. The highest BCUT2D eigenvalue weighted by Crippen LogP contribution is 2.38. The van der Waals surface area contributed by atoms with Crippen molar-refractivity contribution in [2.75, 3.05) is 19.8 Å². The van der Waals surface area contributed by atoms with E-state index in [0.717, 1.165) is 16.7 Å². The normalized spacial score (nSPS) is 19.8. The van der Waals surface area contributed by atoms with Crippen molar-refractivity contribution in [1.82, 2.24) is 14.9 Å². The second kappa shape index (κ2) is 9.10. The number of pyridine rings is 2. The van der Waals surface area contributed by atoms with Gasteiger partial charge in [-0.1, -0.05) is 23.8 Å². The van der Waals surface area contributed by atoms with Crippen LogP contribution in [0.5, 0.6) is 0 Å². The van der Waals surface area contributed by atoms with Crippen LogP contribution in [0.1, 0.15) is 24.5 Å². The summed E-state index contributed by atoms with van der Waals surface area (Å²) >= 11 is 0. The van der Waals surface area contributed by atoms with Crippen molar-refractivity contribution in [2.45, 2.75) is 26.4 Å². The molecule has 148 valence electrons. The van der Waals surface area contributed by atoms with Gasteiger partial charge < -0.3 is 15.3 Å². The molecule has 3 rings (SSSR count). The molecule has 6 heteroatoms.